The molecule has 5 nitrogen and oxygen atoms in total. The summed E-state index contributed by atoms with van der Waals surface area (Å²) in [4.78, 5) is 44.5. The van der Waals surface area contributed by atoms with Gasteiger partial charge in [0.05, 0.1) is 0 Å². The van der Waals surface area contributed by atoms with Crippen LogP contribution in [-0.4, -0.2) is 29.4 Å². The molecule has 0 atom stereocenters. The zero-order valence-corrected chi connectivity index (χ0v) is 9.74. The van der Waals surface area contributed by atoms with Crippen molar-refractivity contribution < 1.29 is 23.9 Å². The third-order valence-corrected chi connectivity index (χ3v) is 1.92. The Labute approximate surface area is 94.1 Å². The van der Waals surface area contributed by atoms with Gasteiger partial charge in [-0.25, -0.2) is 0 Å². The molecule has 0 amide bonds. The standard InChI is InChI=1S/C11H16O5/c1-4-8(13)11(9(14)5-2)16-10(15)6-7(3)12/h11H,4-6H2,1-3H3. The molecule has 0 saturated carbocycles. The van der Waals surface area contributed by atoms with Gasteiger partial charge in [-0.3, -0.25) is 19.2 Å². The number of rotatable bonds is 7. The van der Waals surface area contributed by atoms with Gasteiger partial charge in [-0.1, -0.05) is 13.8 Å². The second-order valence-corrected chi connectivity index (χ2v) is 3.39. The molecule has 0 aromatic heterocycles. The first kappa shape index (κ1) is 14.5. The molecule has 16 heavy (non-hydrogen) atoms. The van der Waals surface area contributed by atoms with E-state index in [1.807, 2.05) is 0 Å². The summed E-state index contributed by atoms with van der Waals surface area (Å²) in [6.45, 7) is 4.40. The minimum absolute atomic E-state index is 0.115. The van der Waals surface area contributed by atoms with Gasteiger partial charge in [0.1, 0.15) is 12.2 Å². The molecule has 5 heteroatoms. The lowest BCUT2D eigenvalue weighted by atomic mass is 10.1. The number of ketones is 3. The molecule has 0 N–H and O–H groups in total. The zero-order chi connectivity index (χ0) is 12.7. The molecule has 0 spiro atoms. The fourth-order valence-corrected chi connectivity index (χ4v) is 1.06. The van der Waals surface area contributed by atoms with Crippen molar-refractivity contribution in [1.29, 1.82) is 0 Å². The van der Waals surface area contributed by atoms with Gasteiger partial charge >= 0.3 is 5.97 Å². The van der Waals surface area contributed by atoms with Gasteiger partial charge in [0, 0.05) is 12.8 Å². The molecule has 0 fully saturated rings. The number of Topliss-reactive ketones (excluding diaryl/α,β-unsaturated/α-hetero) is 3. The number of carbonyl (C=O) groups excluding carboxylic acids is 4. The SMILES string of the molecule is CCC(=O)C(OC(=O)CC(C)=O)C(=O)CC. The van der Waals surface area contributed by atoms with E-state index in [1.54, 1.807) is 13.8 Å². The molecule has 0 heterocycles. The summed E-state index contributed by atoms with van der Waals surface area (Å²) in [5.41, 5.74) is 0. The van der Waals surface area contributed by atoms with Gasteiger partial charge in [-0.2, -0.15) is 0 Å². The van der Waals surface area contributed by atoms with E-state index in [9.17, 15) is 19.2 Å². The molecule has 90 valence electrons. The van der Waals surface area contributed by atoms with Gasteiger partial charge in [-0.05, 0) is 6.92 Å². The van der Waals surface area contributed by atoms with Crippen molar-refractivity contribution in [2.24, 2.45) is 0 Å². The maximum Gasteiger partial charge on any atom is 0.314 e. The van der Waals surface area contributed by atoms with Gasteiger partial charge in [-0.15, -0.1) is 0 Å². The normalized spacial score (nSPS) is 10.0. The van der Waals surface area contributed by atoms with Crippen molar-refractivity contribution in [1.82, 2.24) is 0 Å². The van der Waals surface area contributed by atoms with E-state index in [4.69, 9.17) is 4.74 Å². The topological polar surface area (TPSA) is 77.5 Å². The number of hydrogen-bond donors (Lipinski definition) is 0. The maximum atomic E-state index is 11.4. The fraction of sp³-hybridized carbons (Fsp3) is 0.636. The molecule has 0 rings (SSSR count). The van der Waals surface area contributed by atoms with Crippen LogP contribution in [0.2, 0.25) is 0 Å². The summed E-state index contributed by atoms with van der Waals surface area (Å²) < 4.78 is 4.71. The van der Waals surface area contributed by atoms with Gasteiger partial charge in [0.25, 0.3) is 0 Å². The molecule has 0 aromatic rings. The quantitative estimate of drug-likeness (QED) is 0.476. The summed E-state index contributed by atoms with van der Waals surface area (Å²) >= 11 is 0. The second kappa shape index (κ2) is 6.87. The van der Waals surface area contributed by atoms with Crippen molar-refractivity contribution in [3.8, 4) is 0 Å². The van der Waals surface area contributed by atoms with Crippen LogP contribution >= 0.6 is 0 Å². The van der Waals surface area contributed by atoms with Crippen molar-refractivity contribution in [3.05, 3.63) is 0 Å². The molecule has 0 aliphatic rings. The average Bonchev–Trinajstić information content (AvgIpc) is 2.22. The fourth-order valence-electron chi connectivity index (χ4n) is 1.06. The second-order valence-electron chi connectivity index (χ2n) is 3.39. The van der Waals surface area contributed by atoms with Crippen LogP contribution in [-0.2, 0) is 23.9 Å². The molecule has 0 radical (unpaired) electrons. The van der Waals surface area contributed by atoms with Crippen LogP contribution in [0.4, 0.5) is 0 Å². The third-order valence-electron chi connectivity index (χ3n) is 1.92. The van der Waals surface area contributed by atoms with E-state index in [0.29, 0.717) is 0 Å². The van der Waals surface area contributed by atoms with E-state index in [-0.39, 0.29) is 18.6 Å². The van der Waals surface area contributed by atoms with Crippen molar-refractivity contribution in [2.45, 2.75) is 46.1 Å². The summed E-state index contributed by atoms with van der Waals surface area (Å²) in [6, 6.07) is 0. The van der Waals surface area contributed by atoms with E-state index in [1.165, 1.54) is 6.92 Å². The maximum absolute atomic E-state index is 11.4. The number of carbonyl (C=O) groups is 4. The van der Waals surface area contributed by atoms with Crippen LogP contribution in [0.15, 0.2) is 0 Å². The lowest BCUT2D eigenvalue weighted by molar-refractivity contribution is -0.161. The van der Waals surface area contributed by atoms with E-state index in [0.717, 1.165) is 0 Å². The van der Waals surface area contributed by atoms with E-state index < -0.39 is 30.1 Å². The molecule has 0 aliphatic carbocycles. The zero-order valence-electron chi connectivity index (χ0n) is 9.74. The molecule has 0 bridgehead atoms. The van der Waals surface area contributed by atoms with Crippen molar-refractivity contribution in [2.75, 3.05) is 0 Å². The van der Waals surface area contributed by atoms with Crippen molar-refractivity contribution in [3.63, 3.8) is 0 Å². The highest BCUT2D eigenvalue weighted by molar-refractivity contribution is 6.07. The molecule has 0 aromatic carbocycles. The smallest absolute Gasteiger partial charge is 0.314 e. The Morgan fingerprint density at radius 3 is 1.75 bits per heavy atom. The predicted octanol–water partition coefficient (Wildman–Crippen LogP) is 0.835. The highest BCUT2D eigenvalue weighted by atomic mass is 16.5. The Morgan fingerprint density at radius 2 is 1.44 bits per heavy atom. The first-order valence-electron chi connectivity index (χ1n) is 5.16. The Balaban J connectivity index is 4.55. The Bertz CT molecular complexity index is 289. The monoisotopic (exact) mass is 228 g/mol. The highest BCUT2D eigenvalue weighted by Gasteiger charge is 2.27. The Morgan fingerprint density at radius 1 is 1.00 bits per heavy atom. The largest absolute Gasteiger partial charge is 0.446 e. The van der Waals surface area contributed by atoms with Gasteiger partial charge < -0.3 is 4.74 Å². The average molecular weight is 228 g/mol. The molecule has 0 saturated heterocycles. The lowest BCUT2D eigenvalue weighted by Gasteiger charge is -2.13. The summed E-state index contributed by atoms with van der Waals surface area (Å²) in [5.74, 6) is -2.08. The van der Waals surface area contributed by atoms with Crippen LogP contribution in [0.3, 0.4) is 0 Å². The van der Waals surface area contributed by atoms with Gasteiger partial charge in [0.15, 0.2) is 11.6 Å². The lowest BCUT2D eigenvalue weighted by Crippen LogP contribution is -2.34. The Hall–Kier alpha value is -1.52. The minimum Gasteiger partial charge on any atom is -0.446 e. The van der Waals surface area contributed by atoms with Crippen LogP contribution in [0.1, 0.15) is 40.0 Å². The molecular weight excluding hydrogens is 212 g/mol. The van der Waals surface area contributed by atoms with Crippen LogP contribution in [0.25, 0.3) is 0 Å². The number of hydrogen-bond acceptors (Lipinski definition) is 5. The number of ether oxygens (including phenoxy) is 1. The minimum atomic E-state index is -1.35. The predicted molar refractivity (Wildman–Crippen MR) is 55.8 cm³/mol. The van der Waals surface area contributed by atoms with Gasteiger partial charge in [0.2, 0.25) is 6.10 Å². The third kappa shape index (κ3) is 4.82. The van der Waals surface area contributed by atoms with E-state index in [2.05, 4.69) is 0 Å². The van der Waals surface area contributed by atoms with Crippen LogP contribution in [0.5, 0.6) is 0 Å². The first-order chi connectivity index (χ1) is 7.42. The van der Waals surface area contributed by atoms with E-state index >= 15 is 0 Å². The molecule has 0 aliphatic heterocycles. The van der Waals surface area contributed by atoms with Crippen LogP contribution in [0, 0.1) is 0 Å². The molecular formula is C11H16O5. The first-order valence-corrected chi connectivity index (χ1v) is 5.16. The molecule has 0 unspecified atom stereocenters. The highest BCUT2D eigenvalue weighted by Crippen LogP contribution is 2.04. The summed E-state index contributed by atoms with van der Waals surface area (Å²) in [5, 5.41) is 0. The summed E-state index contributed by atoms with van der Waals surface area (Å²) in [6.07, 6.45) is -1.53. The van der Waals surface area contributed by atoms with Crippen LogP contribution < -0.4 is 0 Å². The number of esters is 1. The Kier molecular flexibility index (Phi) is 6.22. The van der Waals surface area contributed by atoms with Crippen molar-refractivity contribution >= 4 is 23.3 Å². The summed E-state index contributed by atoms with van der Waals surface area (Å²) in [7, 11) is 0.